The van der Waals surface area contributed by atoms with Crippen LogP contribution in [0.5, 0.6) is 0 Å². The number of hydrogen-bond donors (Lipinski definition) is 1. The second-order valence-corrected chi connectivity index (χ2v) is 6.67. The number of aliphatic hydroxyl groups excluding tert-OH is 1. The molecule has 0 spiro atoms. The predicted molar refractivity (Wildman–Crippen MR) is 67.4 cm³/mol. The van der Waals surface area contributed by atoms with Crippen LogP contribution in [0, 0.1) is 0 Å². The lowest BCUT2D eigenvalue weighted by Crippen LogP contribution is -2.50. The van der Waals surface area contributed by atoms with E-state index >= 15 is 0 Å². The molecule has 1 unspecified atom stereocenters. The molecule has 2 aliphatic rings. The molecule has 2 heterocycles. The molecular formula is C11H22N2O4S. The molecule has 0 radical (unpaired) electrons. The third-order valence-electron chi connectivity index (χ3n) is 3.61. The van der Waals surface area contributed by atoms with E-state index in [4.69, 9.17) is 9.84 Å². The Labute approximate surface area is 109 Å². The highest BCUT2D eigenvalue weighted by Gasteiger charge is 2.38. The second kappa shape index (κ2) is 6.29. The Kier molecular flexibility index (Phi) is 4.97. The lowest BCUT2D eigenvalue weighted by molar-refractivity contribution is 0.0697. The van der Waals surface area contributed by atoms with Crippen LogP contribution in [0.1, 0.15) is 25.7 Å². The fourth-order valence-electron chi connectivity index (χ4n) is 2.65. The smallest absolute Gasteiger partial charge is 0.282 e. The zero-order chi connectivity index (χ0) is 13.0. The molecule has 2 saturated heterocycles. The van der Waals surface area contributed by atoms with Crippen LogP contribution >= 0.6 is 0 Å². The van der Waals surface area contributed by atoms with Crippen molar-refractivity contribution < 1.29 is 18.3 Å². The monoisotopic (exact) mass is 278 g/mol. The molecule has 6 nitrogen and oxygen atoms in total. The molecule has 1 N–H and O–H groups in total. The molecule has 7 heteroatoms. The van der Waals surface area contributed by atoms with Crippen LogP contribution in [0.3, 0.4) is 0 Å². The van der Waals surface area contributed by atoms with Gasteiger partial charge in [0.05, 0.1) is 13.2 Å². The number of morpholine rings is 1. The molecular weight excluding hydrogens is 256 g/mol. The zero-order valence-corrected chi connectivity index (χ0v) is 11.4. The minimum absolute atomic E-state index is 0.0602. The van der Waals surface area contributed by atoms with Crippen LogP contribution in [-0.4, -0.2) is 67.6 Å². The first-order valence-electron chi connectivity index (χ1n) is 6.62. The Balaban J connectivity index is 2.03. The van der Waals surface area contributed by atoms with Crippen LogP contribution in [0.15, 0.2) is 0 Å². The van der Waals surface area contributed by atoms with Crippen molar-refractivity contribution >= 4 is 10.2 Å². The lowest BCUT2D eigenvalue weighted by atomic mass is 10.1. The molecule has 106 valence electrons. The largest absolute Gasteiger partial charge is 0.396 e. The van der Waals surface area contributed by atoms with Gasteiger partial charge in [-0.1, -0.05) is 0 Å². The number of hydrogen-bond acceptors (Lipinski definition) is 4. The van der Waals surface area contributed by atoms with Crippen LogP contribution in [0.25, 0.3) is 0 Å². The Bertz CT molecular complexity index is 354. The van der Waals surface area contributed by atoms with Crippen molar-refractivity contribution in [1.82, 2.24) is 8.61 Å². The molecule has 0 aromatic carbocycles. The first-order chi connectivity index (χ1) is 8.66. The van der Waals surface area contributed by atoms with Crippen molar-refractivity contribution in [3.8, 4) is 0 Å². The van der Waals surface area contributed by atoms with E-state index in [2.05, 4.69) is 0 Å². The molecule has 0 aliphatic carbocycles. The van der Waals surface area contributed by atoms with Gasteiger partial charge in [0, 0.05) is 32.3 Å². The summed E-state index contributed by atoms with van der Waals surface area (Å²) >= 11 is 0. The maximum absolute atomic E-state index is 12.5. The van der Waals surface area contributed by atoms with Crippen LogP contribution in [0.4, 0.5) is 0 Å². The first kappa shape index (κ1) is 14.2. The average molecular weight is 278 g/mol. The summed E-state index contributed by atoms with van der Waals surface area (Å²) in [6, 6.07) is 0.0602. The number of ether oxygens (including phenoxy) is 1. The van der Waals surface area contributed by atoms with Gasteiger partial charge in [-0.2, -0.15) is 17.0 Å². The highest BCUT2D eigenvalue weighted by molar-refractivity contribution is 7.86. The SMILES string of the molecule is O=S(=O)(N1CCOCC1)N1CCCC1CCCO. The summed E-state index contributed by atoms with van der Waals surface area (Å²) in [5, 5.41) is 8.87. The van der Waals surface area contributed by atoms with Gasteiger partial charge in [0.2, 0.25) is 0 Å². The van der Waals surface area contributed by atoms with Crippen LogP contribution in [0.2, 0.25) is 0 Å². The number of aliphatic hydroxyl groups is 1. The van der Waals surface area contributed by atoms with Crippen molar-refractivity contribution in [2.24, 2.45) is 0 Å². The summed E-state index contributed by atoms with van der Waals surface area (Å²) in [6.45, 7) is 2.59. The second-order valence-electron chi connectivity index (χ2n) is 4.79. The zero-order valence-electron chi connectivity index (χ0n) is 10.6. The summed E-state index contributed by atoms with van der Waals surface area (Å²) in [5.74, 6) is 0. The van der Waals surface area contributed by atoms with Gasteiger partial charge in [0.15, 0.2) is 0 Å². The molecule has 0 amide bonds. The van der Waals surface area contributed by atoms with Gasteiger partial charge in [-0.15, -0.1) is 0 Å². The summed E-state index contributed by atoms with van der Waals surface area (Å²) in [7, 11) is -3.34. The summed E-state index contributed by atoms with van der Waals surface area (Å²) in [5.41, 5.74) is 0. The maximum Gasteiger partial charge on any atom is 0.282 e. The van der Waals surface area contributed by atoms with Gasteiger partial charge in [-0.05, 0) is 25.7 Å². The molecule has 2 rings (SSSR count). The molecule has 0 saturated carbocycles. The molecule has 0 aromatic heterocycles. The van der Waals surface area contributed by atoms with Gasteiger partial charge in [0.1, 0.15) is 0 Å². The number of nitrogens with zero attached hydrogens (tertiary/aromatic N) is 2. The number of rotatable bonds is 5. The van der Waals surface area contributed by atoms with Gasteiger partial charge in [0.25, 0.3) is 10.2 Å². The third kappa shape index (κ3) is 3.03. The normalized spacial score (nSPS) is 27.7. The van der Waals surface area contributed by atoms with E-state index < -0.39 is 10.2 Å². The van der Waals surface area contributed by atoms with Crippen molar-refractivity contribution in [3.05, 3.63) is 0 Å². The van der Waals surface area contributed by atoms with E-state index in [9.17, 15) is 8.42 Å². The highest BCUT2D eigenvalue weighted by Crippen LogP contribution is 2.26. The van der Waals surface area contributed by atoms with E-state index in [0.717, 1.165) is 19.3 Å². The van der Waals surface area contributed by atoms with E-state index in [-0.39, 0.29) is 12.6 Å². The van der Waals surface area contributed by atoms with Crippen LogP contribution in [-0.2, 0) is 14.9 Å². The average Bonchev–Trinajstić information content (AvgIpc) is 2.86. The van der Waals surface area contributed by atoms with Gasteiger partial charge >= 0.3 is 0 Å². The third-order valence-corrected chi connectivity index (χ3v) is 5.70. The summed E-state index contributed by atoms with van der Waals surface area (Å²) in [6.07, 6.45) is 3.24. The topological polar surface area (TPSA) is 70.1 Å². The van der Waals surface area contributed by atoms with Gasteiger partial charge < -0.3 is 9.84 Å². The maximum atomic E-state index is 12.5. The molecule has 0 bridgehead atoms. The quantitative estimate of drug-likeness (QED) is 0.756. The lowest BCUT2D eigenvalue weighted by Gasteiger charge is -2.32. The Hall–Kier alpha value is -0.210. The highest BCUT2D eigenvalue weighted by atomic mass is 32.2. The standard InChI is InChI=1S/C11H22N2O4S/c14-8-2-4-11-3-1-5-13(11)18(15,16)12-6-9-17-10-7-12/h11,14H,1-10H2. The molecule has 18 heavy (non-hydrogen) atoms. The fourth-order valence-corrected chi connectivity index (χ4v) is 4.51. The fraction of sp³-hybridized carbons (Fsp3) is 1.00. The minimum atomic E-state index is -3.34. The van der Waals surface area contributed by atoms with Crippen molar-refractivity contribution in [2.45, 2.75) is 31.7 Å². The molecule has 2 aliphatic heterocycles. The van der Waals surface area contributed by atoms with Crippen LogP contribution < -0.4 is 0 Å². The molecule has 2 fully saturated rings. The van der Waals surface area contributed by atoms with Gasteiger partial charge in [-0.25, -0.2) is 0 Å². The predicted octanol–water partition coefficient (Wildman–Crippen LogP) is -0.200. The Morgan fingerprint density at radius 2 is 1.94 bits per heavy atom. The van der Waals surface area contributed by atoms with Crippen molar-refractivity contribution in [3.63, 3.8) is 0 Å². The van der Waals surface area contributed by atoms with Gasteiger partial charge in [-0.3, -0.25) is 0 Å². The molecule has 0 aromatic rings. The van der Waals surface area contributed by atoms with E-state index in [1.807, 2.05) is 0 Å². The first-order valence-corrected chi connectivity index (χ1v) is 8.01. The van der Waals surface area contributed by atoms with E-state index in [1.54, 1.807) is 4.31 Å². The minimum Gasteiger partial charge on any atom is -0.396 e. The summed E-state index contributed by atoms with van der Waals surface area (Å²) < 4.78 is 33.3. The van der Waals surface area contributed by atoms with E-state index in [1.165, 1.54) is 4.31 Å². The molecule has 1 atom stereocenters. The Morgan fingerprint density at radius 1 is 1.22 bits per heavy atom. The Morgan fingerprint density at radius 3 is 2.61 bits per heavy atom. The van der Waals surface area contributed by atoms with Crippen molar-refractivity contribution in [2.75, 3.05) is 39.5 Å². The summed E-state index contributed by atoms with van der Waals surface area (Å²) in [4.78, 5) is 0. The van der Waals surface area contributed by atoms with E-state index in [0.29, 0.717) is 39.3 Å². The van der Waals surface area contributed by atoms with Crippen molar-refractivity contribution in [1.29, 1.82) is 0 Å².